The summed E-state index contributed by atoms with van der Waals surface area (Å²) in [5.74, 6) is -2.63. The zero-order valence-corrected chi connectivity index (χ0v) is 16.0. The van der Waals surface area contributed by atoms with Crippen LogP contribution in [0.4, 0.5) is 14.5 Å². The molecule has 1 aliphatic heterocycles. The van der Waals surface area contributed by atoms with Gasteiger partial charge in [-0.2, -0.15) is 5.26 Å². The Morgan fingerprint density at radius 1 is 1.14 bits per heavy atom. The molecule has 2 N–H and O–H groups in total. The van der Waals surface area contributed by atoms with Crippen molar-refractivity contribution in [1.29, 1.82) is 5.26 Å². The molecule has 0 fully saturated rings. The van der Waals surface area contributed by atoms with Gasteiger partial charge in [-0.15, -0.1) is 0 Å². The molecule has 4 nitrogen and oxygen atoms in total. The van der Waals surface area contributed by atoms with Crippen LogP contribution in [0.2, 0.25) is 5.02 Å². The average molecular weight is 412 g/mol. The van der Waals surface area contributed by atoms with Gasteiger partial charge in [0.25, 0.3) is 0 Å². The number of nitrogens with two attached hydrogens (primary N) is 1. The Balaban J connectivity index is 2.03. The van der Waals surface area contributed by atoms with Crippen LogP contribution in [0.15, 0.2) is 65.1 Å². The van der Waals surface area contributed by atoms with Gasteiger partial charge in [0.05, 0.1) is 17.6 Å². The first-order valence-corrected chi connectivity index (χ1v) is 9.47. The fraction of sp³-hybridized carbons (Fsp3) is 0.182. The molecule has 0 saturated heterocycles. The normalized spacial score (nSPS) is 19.3. The van der Waals surface area contributed by atoms with Crippen LogP contribution in [0.25, 0.3) is 0 Å². The van der Waals surface area contributed by atoms with Gasteiger partial charge in [-0.25, -0.2) is 8.78 Å². The Morgan fingerprint density at radius 2 is 1.83 bits per heavy atom. The number of para-hydroxylation sites is 1. The summed E-state index contributed by atoms with van der Waals surface area (Å²) in [4.78, 5) is 14.1. The molecular weight excluding hydrogens is 396 g/mol. The third-order valence-electron chi connectivity index (χ3n) is 5.26. The molecule has 0 radical (unpaired) electrons. The van der Waals surface area contributed by atoms with Crippen molar-refractivity contribution >= 4 is 23.1 Å². The minimum absolute atomic E-state index is 0.0592. The van der Waals surface area contributed by atoms with E-state index in [9.17, 15) is 18.8 Å². The van der Waals surface area contributed by atoms with Crippen LogP contribution in [-0.4, -0.2) is 5.78 Å². The number of halogens is 3. The Hall–Kier alpha value is -3.17. The zero-order valence-electron chi connectivity index (χ0n) is 15.3. The van der Waals surface area contributed by atoms with Crippen LogP contribution < -0.4 is 10.6 Å². The van der Waals surface area contributed by atoms with Gasteiger partial charge in [0.1, 0.15) is 23.1 Å². The minimum atomic E-state index is -0.823. The summed E-state index contributed by atoms with van der Waals surface area (Å²) >= 11 is 6.13. The van der Waals surface area contributed by atoms with Crippen LogP contribution in [0.3, 0.4) is 0 Å². The van der Waals surface area contributed by atoms with Gasteiger partial charge in [0, 0.05) is 22.7 Å². The van der Waals surface area contributed by atoms with Gasteiger partial charge >= 0.3 is 0 Å². The number of nitrogens with zero attached hydrogens (tertiary/aromatic N) is 2. The molecule has 0 saturated carbocycles. The van der Waals surface area contributed by atoms with Crippen LogP contribution in [0, 0.1) is 23.0 Å². The van der Waals surface area contributed by atoms with E-state index >= 15 is 0 Å². The lowest BCUT2D eigenvalue weighted by molar-refractivity contribution is -0.116. The van der Waals surface area contributed by atoms with Crippen molar-refractivity contribution in [1.82, 2.24) is 0 Å². The highest BCUT2D eigenvalue weighted by atomic mass is 35.5. The van der Waals surface area contributed by atoms with Crippen LogP contribution in [-0.2, 0) is 4.79 Å². The highest BCUT2D eigenvalue weighted by Gasteiger charge is 2.41. The average Bonchev–Trinajstić information content (AvgIpc) is 2.69. The second-order valence-electron chi connectivity index (χ2n) is 6.94. The molecule has 2 aromatic carbocycles. The Morgan fingerprint density at radius 3 is 2.48 bits per heavy atom. The lowest BCUT2D eigenvalue weighted by Gasteiger charge is -2.39. The topological polar surface area (TPSA) is 70.1 Å². The molecule has 146 valence electrons. The van der Waals surface area contributed by atoms with Gasteiger partial charge in [0.15, 0.2) is 5.78 Å². The number of carbonyl (C=O) groups excluding carboxylic acids is 1. The van der Waals surface area contributed by atoms with Crippen molar-refractivity contribution in [2.24, 2.45) is 5.73 Å². The zero-order chi connectivity index (χ0) is 20.7. The highest BCUT2D eigenvalue weighted by molar-refractivity contribution is 6.30. The maximum atomic E-state index is 14.6. The number of Topliss-reactive ketones (excluding diaryl/α,β-unsaturated/α-hetero) is 1. The fourth-order valence-corrected chi connectivity index (χ4v) is 4.26. The Kier molecular flexibility index (Phi) is 4.85. The third-order valence-corrected chi connectivity index (χ3v) is 5.49. The molecule has 7 heteroatoms. The van der Waals surface area contributed by atoms with Crippen molar-refractivity contribution in [3.63, 3.8) is 0 Å². The van der Waals surface area contributed by atoms with E-state index in [1.165, 1.54) is 11.0 Å². The molecule has 0 aromatic heterocycles. The van der Waals surface area contributed by atoms with E-state index in [0.29, 0.717) is 41.1 Å². The molecule has 0 bridgehead atoms. The molecule has 2 aliphatic rings. The second-order valence-corrected chi connectivity index (χ2v) is 7.38. The third kappa shape index (κ3) is 3.08. The minimum Gasteiger partial charge on any atom is -0.384 e. The van der Waals surface area contributed by atoms with E-state index < -0.39 is 17.6 Å². The van der Waals surface area contributed by atoms with Gasteiger partial charge in [0.2, 0.25) is 0 Å². The van der Waals surface area contributed by atoms with Crippen molar-refractivity contribution in [3.8, 4) is 6.07 Å². The number of benzene rings is 2. The largest absolute Gasteiger partial charge is 0.384 e. The number of allylic oxidation sites excluding steroid dienone is 3. The lowest BCUT2D eigenvalue weighted by atomic mass is 9.75. The van der Waals surface area contributed by atoms with Gasteiger partial charge in [-0.3, -0.25) is 9.69 Å². The summed E-state index contributed by atoms with van der Waals surface area (Å²) in [7, 11) is 0. The number of nitriles is 1. The van der Waals surface area contributed by atoms with Crippen LogP contribution in [0.5, 0.6) is 0 Å². The van der Waals surface area contributed by atoms with Crippen molar-refractivity contribution in [2.75, 3.05) is 4.90 Å². The maximum absolute atomic E-state index is 14.6. The van der Waals surface area contributed by atoms with E-state index in [0.717, 1.165) is 12.1 Å². The summed E-state index contributed by atoms with van der Waals surface area (Å²) in [5, 5.41) is 10.3. The predicted molar refractivity (Wildman–Crippen MR) is 106 cm³/mol. The molecule has 4 rings (SSSR count). The fourth-order valence-electron chi connectivity index (χ4n) is 4.06. The molecular formula is C22H16ClF2N3O. The molecule has 1 atom stereocenters. The SMILES string of the molecule is N#CC1=C(N)N(c2c(F)cccc2F)C2=C(C(=O)CCC2)[C@@H]1c1cccc(Cl)c1. The number of ketones is 1. The van der Waals surface area contributed by atoms with E-state index in [1.807, 2.05) is 0 Å². The van der Waals surface area contributed by atoms with Gasteiger partial charge in [-0.05, 0) is 42.7 Å². The summed E-state index contributed by atoms with van der Waals surface area (Å²) in [6.45, 7) is 0. The molecule has 1 aliphatic carbocycles. The van der Waals surface area contributed by atoms with E-state index in [4.69, 9.17) is 17.3 Å². The smallest absolute Gasteiger partial charge is 0.161 e. The van der Waals surface area contributed by atoms with Gasteiger partial charge < -0.3 is 5.73 Å². The van der Waals surface area contributed by atoms with Crippen molar-refractivity contribution in [3.05, 3.63) is 87.3 Å². The van der Waals surface area contributed by atoms with Crippen molar-refractivity contribution in [2.45, 2.75) is 25.2 Å². The molecule has 2 aromatic rings. The molecule has 29 heavy (non-hydrogen) atoms. The number of hydrogen-bond acceptors (Lipinski definition) is 4. The van der Waals surface area contributed by atoms with E-state index in [-0.39, 0.29) is 22.9 Å². The molecule has 0 spiro atoms. The lowest BCUT2D eigenvalue weighted by Crippen LogP contribution is -2.39. The monoisotopic (exact) mass is 411 g/mol. The highest BCUT2D eigenvalue weighted by Crippen LogP contribution is 2.47. The Labute approximate surface area is 171 Å². The van der Waals surface area contributed by atoms with Crippen molar-refractivity contribution < 1.29 is 13.6 Å². The van der Waals surface area contributed by atoms with E-state index in [2.05, 4.69) is 6.07 Å². The van der Waals surface area contributed by atoms with E-state index in [1.54, 1.807) is 24.3 Å². The summed E-state index contributed by atoms with van der Waals surface area (Å²) < 4.78 is 29.2. The number of anilines is 1. The number of hydrogen-bond donors (Lipinski definition) is 1. The first-order valence-electron chi connectivity index (χ1n) is 9.09. The summed E-state index contributed by atoms with van der Waals surface area (Å²) in [5.41, 5.74) is 7.36. The number of carbonyl (C=O) groups is 1. The first-order chi connectivity index (χ1) is 13.9. The molecule has 0 amide bonds. The predicted octanol–water partition coefficient (Wildman–Crippen LogP) is 4.92. The maximum Gasteiger partial charge on any atom is 0.161 e. The number of rotatable bonds is 2. The molecule has 1 heterocycles. The summed E-state index contributed by atoms with van der Waals surface area (Å²) in [6, 6.07) is 12.4. The summed E-state index contributed by atoms with van der Waals surface area (Å²) in [6.07, 6.45) is 1.23. The van der Waals surface area contributed by atoms with Crippen LogP contribution in [0.1, 0.15) is 30.7 Å². The first kappa shape index (κ1) is 19.2. The standard InChI is InChI=1S/C22H16ClF2N3O/c23-13-5-1-4-12(10-13)19-14(11-26)22(27)28(17-8-3-9-18(29)20(17)19)21-15(24)6-2-7-16(21)25/h1-2,4-7,10,19H,3,8-9,27H2/t19-/m1/s1. The Bertz CT molecular complexity index is 1110. The molecule has 0 unspecified atom stereocenters. The quantitative estimate of drug-likeness (QED) is 0.761. The van der Waals surface area contributed by atoms with Crippen LogP contribution >= 0.6 is 11.6 Å². The second kappa shape index (κ2) is 7.34. The van der Waals surface area contributed by atoms with Gasteiger partial charge in [-0.1, -0.05) is 29.8 Å².